The number of phenols is 1. The average molecular weight is 194 g/mol. The van der Waals surface area contributed by atoms with E-state index in [-0.39, 0.29) is 5.75 Å². The van der Waals surface area contributed by atoms with E-state index in [4.69, 9.17) is 5.11 Å². The van der Waals surface area contributed by atoms with Crippen molar-refractivity contribution in [1.82, 2.24) is 0 Å². The van der Waals surface area contributed by atoms with E-state index < -0.39 is 5.67 Å². The Morgan fingerprint density at radius 2 is 1.71 bits per heavy atom. The highest BCUT2D eigenvalue weighted by Crippen LogP contribution is 2.36. The maximum atomic E-state index is 14.0. The van der Waals surface area contributed by atoms with Crippen molar-refractivity contribution in [3.8, 4) is 5.75 Å². The molecule has 0 amide bonds. The molecule has 1 nitrogen and oxygen atoms in total. The molecule has 1 aliphatic carbocycles. The second kappa shape index (κ2) is 3.60. The molecule has 1 aliphatic rings. The molecule has 0 aromatic heterocycles. The Bertz CT molecular complexity index is 299. The van der Waals surface area contributed by atoms with Gasteiger partial charge in [-0.1, -0.05) is 25.0 Å². The molecule has 14 heavy (non-hydrogen) atoms. The first-order chi connectivity index (χ1) is 6.68. The number of aromatic hydroxyl groups is 1. The molecular weight excluding hydrogens is 179 g/mol. The summed E-state index contributed by atoms with van der Waals surface area (Å²) < 4.78 is 14.0. The van der Waals surface area contributed by atoms with Gasteiger partial charge in [0.05, 0.1) is 0 Å². The summed E-state index contributed by atoms with van der Waals surface area (Å²) in [6.45, 7) is 0. The quantitative estimate of drug-likeness (QED) is 0.766. The summed E-state index contributed by atoms with van der Waals surface area (Å²) in [5, 5.41) is 9.09. The lowest BCUT2D eigenvalue weighted by molar-refractivity contribution is 0.173. The Morgan fingerprint density at radius 3 is 2.29 bits per heavy atom. The van der Waals surface area contributed by atoms with Crippen molar-refractivity contribution in [1.29, 1.82) is 0 Å². The van der Waals surface area contributed by atoms with Crippen LogP contribution in [0.5, 0.6) is 5.75 Å². The third-order valence-corrected chi connectivity index (χ3v) is 2.96. The predicted octanol–water partition coefficient (Wildman–Crippen LogP) is 3.22. The fraction of sp³-hybridized carbons (Fsp3) is 0.500. The molecule has 0 unspecified atom stereocenters. The zero-order valence-corrected chi connectivity index (χ0v) is 8.17. The Balaban J connectivity index is 2.06. The van der Waals surface area contributed by atoms with Crippen molar-refractivity contribution in [2.75, 3.05) is 0 Å². The Hall–Kier alpha value is -1.05. The average Bonchev–Trinajstić information content (AvgIpc) is 2.57. The molecule has 0 saturated heterocycles. The van der Waals surface area contributed by atoms with Gasteiger partial charge in [-0.2, -0.15) is 0 Å². The molecule has 1 fully saturated rings. The molecule has 1 N–H and O–H groups in total. The van der Waals surface area contributed by atoms with Gasteiger partial charge in [0.25, 0.3) is 0 Å². The lowest BCUT2D eigenvalue weighted by Gasteiger charge is -2.18. The zero-order valence-electron chi connectivity index (χ0n) is 8.17. The Labute approximate surface area is 83.6 Å². The minimum atomic E-state index is -0.989. The molecule has 1 aromatic carbocycles. The van der Waals surface area contributed by atoms with Gasteiger partial charge in [-0.25, -0.2) is 4.39 Å². The van der Waals surface area contributed by atoms with Crippen LogP contribution in [0.1, 0.15) is 31.2 Å². The molecule has 76 valence electrons. The van der Waals surface area contributed by atoms with E-state index in [9.17, 15) is 4.39 Å². The van der Waals surface area contributed by atoms with Crippen LogP contribution in [0.2, 0.25) is 0 Å². The van der Waals surface area contributed by atoms with Crippen LogP contribution in [0.15, 0.2) is 24.3 Å². The van der Waals surface area contributed by atoms with Gasteiger partial charge in [-0.05, 0) is 30.5 Å². The van der Waals surface area contributed by atoms with E-state index in [1.165, 1.54) is 0 Å². The number of hydrogen-bond acceptors (Lipinski definition) is 1. The maximum Gasteiger partial charge on any atom is 0.115 e. The first-order valence-corrected chi connectivity index (χ1v) is 5.15. The minimum absolute atomic E-state index is 0.244. The normalized spacial score (nSPS) is 19.8. The number of halogens is 1. The number of alkyl halides is 1. The first-order valence-electron chi connectivity index (χ1n) is 5.15. The van der Waals surface area contributed by atoms with Crippen molar-refractivity contribution in [2.45, 2.75) is 37.8 Å². The third-order valence-electron chi connectivity index (χ3n) is 2.96. The topological polar surface area (TPSA) is 20.2 Å². The van der Waals surface area contributed by atoms with E-state index in [1.54, 1.807) is 24.3 Å². The molecule has 2 heteroatoms. The number of phenolic OH excluding ortho intramolecular Hbond substituents is 1. The standard InChI is InChI=1S/C12H15FO/c13-12(7-1-2-8-12)9-10-3-5-11(14)6-4-10/h3-6,14H,1-2,7-9H2. The molecule has 0 radical (unpaired) electrons. The van der Waals surface area contributed by atoms with Crippen molar-refractivity contribution >= 4 is 0 Å². The molecule has 2 rings (SSSR count). The van der Waals surface area contributed by atoms with Gasteiger partial charge in [0.2, 0.25) is 0 Å². The van der Waals surface area contributed by atoms with Crippen molar-refractivity contribution in [3.05, 3.63) is 29.8 Å². The third kappa shape index (κ3) is 2.06. The van der Waals surface area contributed by atoms with Crippen LogP contribution in [0, 0.1) is 0 Å². The van der Waals surface area contributed by atoms with E-state index >= 15 is 0 Å². The molecule has 0 atom stereocenters. The molecule has 1 saturated carbocycles. The van der Waals surface area contributed by atoms with Gasteiger partial charge in [0.1, 0.15) is 11.4 Å². The predicted molar refractivity (Wildman–Crippen MR) is 54.1 cm³/mol. The molecule has 1 aromatic rings. The minimum Gasteiger partial charge on any atom is -0.508 e. The van der Waals surface area contributed by atoms with Crippen LogP contribution in [-0.4, -0.2) is 10.8 Å². The van der Waals surface area contributed by atoms with Gasteiger partial charge < -0.3 is 5.11 Å². The summed E-state index contributed by atoms with van der Waals surface area (Å²) in [5.41, 5.74) is -0.0102. The number of rotatable bonds is 2. The first kappa shape index (κ1) is 9.50. The molecule has 0 spiro atoms. The largest absolute Gasteiger partial charge is 0.508 e. The second-order valence-electron chi connectivity index (χ2n) is 4.20. The summed E-state index contributed by atoms with van der Waals surface area (Å²) in [4.78, 5) is 0. The van der Waals surface area contributed by atoms with Crippen LogP contribution in [0.3, 0.4) is 0 Å². The Kier molecular flexibility index (Phi) is 2.44. The van der Waals surface area contributed by atoms with Gasteiger partial charge in [-0.3, -0.25) is 0 Å². The lowest BCUT2D eigenvalue weighted by atomic mass is 9.95. The lowest BCUT2D eigenvalue weighted by Crippen LogP contribution is -2.20. The van der Waals surface area contributed by atoms with Crippen LogP contribution < -0.4 is 0 Å². The monoisotopic (exact) mass is 194 g/mol. The number of benzene rings is 1. The molecule has 0 heterocycles. The summed E-state index contributed by atoms with van der Waals surface area (Å²) in [5.74, 6) is 0.244. The fourth-order valence-electron chi connectivity index (χ4n) is 2.17. The number of hydrogen-bond donors (Lipinski definition) is 1. The van der Waals surface area contributed by atoms with Gasteiger partial charge >= 0.3 is 0 Å². The maximum absolute atomic E-state index is 14.0. The van der Waals surface area contributed by atoms with Crippen LogP contribution in [0.4, 0.5) is 4.39 Å². The highest BCUT2D eigenvalue weighted by Gasteiger charge is 2.33. The zero-order chi connectivity index (χ0) is 10.0. The summed E-state index contributed by atoms with van der Waals surface area (Å²) >= 11 is 0. The molecule has 0 bridgehead atoms. The van der Waals surface area contributed by atoms with Crippen LogP contribution in [-0.2, 0) is 6.42 Å². The van der Waals surface area contributed by atoms with E-state index in [2.05, 4.69) is 0 Å². The van der Waals surface area contributed by atoms with Gasteiger partial charge in [0, 0.05) is 6.42 Å². The fourth-order valence-corrected chi connectivity index (χ4v) is 2.17. The van der Waals surface area contributed by atoms with Crippen LogP contribution >= 0.6 is 0 Å². The highest BCUT2D eigenvalue weighted by atomic mass is 19.1. The molecule has 0 aliphatic heterocycles. The van der Waals surface area contributed by atoms with Gasteiger partial charge in [0.15, 0.2) is 0 Å². The van der Waals surface area contributed by atoms with E-state index in [1.807, 2.05) is 0 Å². The van der Waals surface area contributed by atoms with Gasteiger partial charge in [-0.15, -0.1) is 0 Å². The SMILES string of the molecule is Oc1ccc(CC2(F)CCCC2)cc1. The summed E-state index contributed by atoms with van der Waals surface area (Å²) in [6, 6.07) is 6.84. The second-order valence-corrected chi connectivity index (χ2v) is 4.20. The van der Waals surface area contributed by atoms with Crippen molar-refractivity contribution in [2.24, 2.45) is 0 Å². The smallest absolute Gasteiger partial charge is 0.115 e. The van der Waals surface area contributed by atoms with Crippen molar-refractivity contribution < 1.29 is 9.50 Å². The van der Waals surface area contributed by atoms with Crippen LogP contribution in [0.25, 0.3) is 0 Å². The summed E-state index contributed by atoms with van der Waals surface area (Å²) in [6.07, 6.45) is 3.89. The van der Waals surface area contributed by atoms with Crippen molar-refractivity contribution in [3.63, 3.8) is 0 Å². The molecular formula is C12H15FO. The van der Waals surface area contributed by atoms with E-state index in [0.717, 1.165) is 18.4 Å². The summed E-state index contributed by atoms with van der Waals surface area (Å²) in [7, 11) is 0. The Morgan fingerprint density at radius 1 is 1.14 bits per heavy atom. The highest BCUT2D eigenvalue weighted by molar-refractivity contribution is 5.27. The van der Waals surface area contributed by atoms with E-state index in [0.29, 0.717) is 19.3 Å².